The maximum absolute atomic E-state index is 12.7. The van der Waals surface area contributed by atoms with E-state index in [2.05, 4.69) is 15.3 Å². The zero-order chi connectivity index (χ0) is 30.7. The number of nitrogens with zero attached hydrogens (tertiary/aromatic N) is 3. The van der Waals surface area contributed by atoms with E-state index in [1.54, 1.807) is 24.3 Å². The molecule has 2 heterocycles. The Balaban J connectivity index is 0.000000383. The van der Waals surface area contributed by atoms with Gasteiger partial charge in [0.25, 0.3) is 5.56 Å². The van der Waals surface area contributed by atoms with Gasteiger partial charge >= 0.3 is 11.7 Å². The summed E-state index contributed by atoms with van der Waals surface area (Å²) < 4.78 is 7.88. The van der Waals surface area contributed by atoms with Crippen LogP contribution in [0, 0.1) is 5.92 Å². The van der Waals surface area contributed by atoms with Crippen LogP contribution in [0.5, 0.6) is 5.75 Å². The summed E-state index contributed by atoms with van der Waals surface area (Å²) in [6.07, 6.45) is 2.01. The molecule has 0 spiro atoms. The molecule has 1 aromatic carbocycles. The average molecular weight is 574 g/mol. The average Bonchev–Trinajstić information content (AvgIpc) is 3.36. The lowest BCUT2D eigenvalue weighted by Gasteiger charge is -2.12. The third-order valence-corrected chi connectivity index (χ3v) is 5.74. The van der Waals surface area contributed by atoms with E-state index in [9.17, 15) is 24.0 Å². The van der Waals surface area contributed by atoms with Crippen molar-refractivity contribution in [2.24, 2.45) is 17.4 Å². The van der Waals surface area contributed by atoms with Gasteiger partial charge in [0.15, 0.2) is 12.3 Å². The van der Waals surface area contributed by atoms with Crippen molar-refractivity contribution in [3.8, 4) is 17.1 Å². The van der Waals surface area contributed by atoms with Gasteiger partial charge in [0.1, 0.15) is 17.1 Å². The normalized spacial score (nSPS) is 11.6. The first-order valence-electron chi connectivity index (χ1n) is 13.4. The Morgan fingerprint density at radius 3 is 2.22 bits per heavy atom. The predicted octanol–water partition coefficient (Wildman–Crippen LogP) is 0.798. The summed E-state index contributed by atoms with van der Waals surface area (Å²) in [5.41, 5.74) is 11.0. The highest BCUT2D eigenvalue weighted by Crippen LogP contribution is 2.21. The molecule has 41 heavy (non-hydrogen) atoms. The second-order valence-electron chi connectivity index (χ2n) is 9.80. The number of aryl methyl sites for hydroxylation is 1. The van der Waals surface area contributed by atoms with Crippen LogP contribution in [0.15, 0.2) is 33.9 Å². The second kappa shape index (κ2) is 15.4. The van der Waals surface area contributed by atoms with E-state index in [1.165, 1.54) is 9.13 Å². The molecule has 3 aromatic rings. The summed E-state index contributed by atoms with van der Waals surface area (Å²) in [5, 5.41) is 11.0. The number of rotatable bonds is 13. The lowest BCUT2D eigenvalue weighted by atomic mass is 10.0. The van der Waals surface area contributed by atoms with Gasteiger partial charge in [-0.05, 0) is 49.4 Å². The van der Waals surface area contributed by atoms with Crippen molar-refractivity contribution in [1.29, 1.82) is 0 Å². The molecule has 0 saturated carbocycles. The number of carbonyl (C=O) groups excluding carboxylic acids is 2. The van der Waals surface area contributed by atoms with Crippen molar-refractivity contribution >= 4 is 28.9 Å². The van der Waals surface area contributed by atoms with Crippen molar-refractivity contribution in [1.82, 2.24) is 24.4 Å². The number of hydrogen-bond donors (Lipinski definition) is 5. The van der Waals surface area contributed by atoms with Crippen molar-refractivity contribution in [3.05, 3.63) is 45.1 Å². The number of imidazole rings is 1. The Kier molecular flexibility index (Phi) is 12.3. The highest BCUT2D eigenvalue weighted by molar-refractivity contribution is 5.86. The van der Waals surface area contributed by atoms with Crippen LogP contribution in [0.2, 0.25) is 0 Å². The molecule has 2 aromatic heterocycles. The number of ether oxygens (including phenoxy) is 1. The van der Waals surface area contributed by atoms with Gasteiger partial charge in [-0.3, -0.25) is 23.5 Å². The number of aromatic nitrogens is 4. The van der Waals surface area contributed by atoms with Crippen LogP contribution in [-0.4, -0.2) is 61.2 Å². The number of benzene rings is 1. The molecule has 1 atom stereocenters. The van der Waals surface area contributed by atoms with Gasteiger partial charge in [0, 0.05) is 18.7 Å². The number of nitrogens with two attached hydrogens (primary N) is 2. The molecular weight excluding hydrogens is 534 g/mol. The van der Waals surface area contributed by atoms with Crippen LogP contribution in [0.25, 0.3) is 22.6 Å². The number of carboxylic acids is 1. The van der Waals surface area contributed by atoms with Gasteiger partial charge in [-0.2, -0.15) is 0 Å². The Labute approximate surface area is 236 Å². The number of H-pyrrole nitrogens is 1. The number of amides is 2. The first-order valence-corrected chi connectivity index (χ1v) is 13.4. The summed E-state index contributed by atoms with van der Waals surface area (Å²) in [4.78, 5) is 65.0. The molecule has 14 nitrogen and oxygen atoms in total. The van der Waals surface area contributed by atoms with Gasteiger partial charge in [0.2, 0.25) is 11.8 Å². The number of hydrogen-bond acceptors (Lipinski definition) is 8. The van der Waals surface area contributed by atoms with Gasteiger partial charge in [-0.15, -0.1) is 0 Å². The first kappa shape index (κ1) is 32.8. The molecule has 0 radical (unpaired) electrons. The largest absolute Gasteiger partial charge is 0.482 e. The fourth-order valence-corrected chi connectivity index (χ4v) is 3.92. The molecule has 0 unspecified atom stereocenters. The van der Waals surface area contributed by atoms with Crippen molar-refractivity contribution in [2.45, 2.75) is 66.1 Å². The monoisotopic (exact) mass is 573 g/mol. The minimum absolute atomic E-state index is 0.148. The summed E-state index contributed by atoms with van der Waals surface area (Å²) in [6, 6.07) is 6.11. The van der Waals surface area contributed by atoms with Crippen LogP contribution in [-0.2, 0) is 27.5 Å². The molecule has 2 amide bonds. The topological polar surface area (TPSA) is 217 Å². The molecule has 0 aliphatic carbocycles. The summed E-state index contributed by atoms with van der Waals surface area (Å²) in [6.45, 7) is 8.05. The standard InChI is InChI=1S/C19H22N4O5.C8H17N3O2/c1-3-9-22-17-15(18(26)23(10-4-2)19(22)27)20-16(21-17)12-5-7-13(8-6-12)28-11-14(24)25;1-5(2)3-6(9)8(13)11-4-7(10)12/h5-8H,3-4,9-11H2,1-2H3,(H,20,21)(H,24,25);5-6H,3-4,9H2,1-2H3,(H2,10,12)(H,11,13)/t;6-/m.0/s1. The SMILES string of the molecule is CC(C)C[C@H](N)C(=O)NCC(N)=O.CCCn1c(=O)c2[nH]c(-c3ccc(OCC(=O)O)cc3)nc2n(CCC)c1=O. The number of nitrogens with one attached hydrogen (secondary N) is 2. The Morgan fingerprint density at radius 1 is 1.07 bits per heavy atom. The van der Waals surface area contributed by atoms with Gasteiger partial charge < -0.3 is 31.6 Å². The smallest absolute Gasteiger partial charge is 0.341 e. The third-order valence-electron chi connectivity index (χ3n) is 5.74. The van der Waals surface area contributed by atoms with E-state index >= 15 is 0 Å². The number of primary amides is 1. The lowest BCUT2D eigenvalue weighted by molar-refractivity contribution is -0.139. The molecule has 0 aliphatic rings. The predicted molar refractivity (Wildman–Crippen MR) is 153 cm³/mol. The first-order chi connectivity index (χ1) is 19.4. The Bertz CT molecular complexity index is 1460. The zero-order valence-electron chi connectivity index (χ0n) is 23.8. The van der Waals surface area contributed by atoms with Gasteiger partial charge in [0.05, 0.1) is 12.6 Å². The van der Waals surface area contributed by atoms with E-state index in [-0.39, 0.29) is 23.7 Å². The quantitative estimate of drug-likeness (QED) is 0.195. The number of carboxylic acid groups (broad SMARTS) is 1. The Hall–Kier alpha value is -4.46. The maximum Gasteiger partial charge on any atom is 0.341 e. The maximum atomic E-state index is 12.7. The lowest BCUT2D eigenvalue weighted by Crippen LogP contribution is -2.44. The van der Waals surface area contributed by atoms with Crippen LogP contribution < -0.4 is 32.8 Å². The third kappa shape index (κ3) is 9.31. The minimum atomic E-state index is -1.06. The molecule has 0 fully saturated rings. The van der Waals surface area contributed by atoms with Crippen molar-refractivity contribution in [2.75, 3.05) is 13.2 Å². The fourth-order valence-electron chi connectivity index (χ4n) is 3.92. The molecule has 224 valence electrons. The van der Waals surface area contributed by atoms with Gasteiger partial charge in [-0.25, -0.2) is 14.6 Å². The van der Waals surface area contributed by atoms with Crippen LogP contribution in [0.3, 0.4) is 0 Å². The Morgan fingerprint density at radius 2 is 1.68 bits per heavy atom. The van der Waals surface area contributed by atoms with E-state index < -0.39 is 24.5 Å². The molecule has 14 heteroatoms. The fraction of sp³-hybridized carbons (Fsp3) is 0.481. The van der Waals surface area contributed by atoms with Crippen LogP contribution in [0.4, 0.5) is 0 Å². The highest BCUT2D eigenvalue weighted by Gasteiger charge is 2.18. The molecule has 0 aliphatic heterocycles. The summed E-state index contributed by atoms with van der Waals surface area (Å²) >= 11 is 0. The van der Waals surface area contributed by atoms with E-state index in [1.807, 2.05) is 27.7 Å². The summed E-state index contributed by atoms with van der Waals surface area (Å²) in [7, 11) is 0. The summed E-state index contributed by atoms with van der Waals surface area (Å²) in [5.74, 6) is -0.726. The van der Waals surface area contributed by atoms with E-state index in [4.69, 9.17) is 21.3 Å². The molecular formula is C27H39N7O7. The van der Waals surface area contributed by atoms with Crippen molar-refractivity contribution < 1.29 is 24.2 Å². The number of aliphatic carboxylic acids is 1. The van der Waals surface area contributed by atoms with Crippen LogP contribution in [0.1, 0.15) is 47.0 Å². The molecule has 3 rings (SSSR count). The van der Waals surface area contributed by atoms with E-state index in [0.29, 0.717) is 60.2 Å². The minimum Gasteiger partial charge on any atom is -0.482 e. The highest BCUT2D eigenvalue weighted by atomic mass is 16.5. The molecule has 0 bridgehead atoms. The number of aromatic amines is 1. The zero-order valence-corrected chi connectivity index (χ0v) is 23.8. The second-order valence-corrected chi connectivity index (χ2v) is 9.80. The molecule has 7 N–H and O–H groups in total. The number of carbonyl (C=O) groups is 3. The van der Waals surface area contributed by atoms with Crippen molar-refractivity contribution in [3.63, 3.8) is 0 Å². The van der Waals surface area contributed by atoms with E-state index in [0.717, 1.165) is 6.42 Å². The van der Waals surface area contributed by atoms with Crippen LogP contribution >= 0.6 is 0 Å². The molecule has 0 saturated heterocycles. The van der Waals surface area contributed by atoms with Gasteiger partial charge in [-0.1, -0.05) is 27.7 Å². The number of fused-ring (bicyclic) bond motifs is 1.